The number of aromatic nitrogens is 5. The predicted molar refractivity (Wildman–Crippen MR) is 98.7 cm³/mol. The van der Waals surface area contributed by atoms with Crippen molar-refractivity contribution in [3.63, 3.8) is 0 Å². The molecule has 1 fully saturated rings. The third-order valence-corrected chi connectivity index (χ3v) is 4.78. The maximum absolute atomic E-state index is 11.9. The lowest BCUT2D eigenvalue weighted by Crippen LogP contribution is -2.17. The second-order valence-electron chi connectivity index (χ2n) is 6.55. The number of anilines is 1. The lowest BCUT2D eigenvalue weighted by molar-refractivity contribution is 0.0963. The highest BCUT2D eigenvalue weighted by Crippen LogP contribution is 2.40. The summed E-state index contributed by atoms with van der Waals surface area (Å²) >= 11 is 0. The topological polar surface area (TPSA) is 115 Å². The Bertz CT molecular complexity index is 1170. The molecule has 0 aliphatic heterocycles. The van der Waals surface area contributed by atoms with Crippen molar-refractivity contribution in [3.05, 3.63) is 36.2 Å². The highest BCUT2D eigenvalue weighted by Gasteiger charge is 2.29. The summed E-state index contributed by atoms with van der Waals surface area (Å²) < 4.78 is 1.95. The summed E-state index contributed by atoms with van der Waals surface area (Å²) in [4.78, 5) is 23.8. The molecule has 1 aliphatic carbocycles. The van der Waals surface area contributed by atoms with Gasteiger partial charge in [0, 0.05) is 23.5 Å². The van der Waals surface area contributed by atoms with Crippen molar-refractivity contribution in [2.75, 3.05) is 12.8 Å². The number of H-pyrrole nitrogens is 1. The first-order chi connectivity index (χ1) is 12.7. The second kappa shape index (κ2) is 5.29. The Kier molecular flexibility index (Phi) is 3.03. The summed E-state index contributed by atoms with van der Waals surface area (Å²) in [6.07, 6.45) is 3.67. The number of rotatable bonds is 3. The Labute approximate surface area is 148 Å². The van der Waals surface area contributed by atoms with Crippen molar-refractivity contribution in [1.29, 1.82) is 0 Å². The average Bonchev–Trinajstić information content (AvgIpc) is 3.28. The van der Waals surface area contributed by atoms with Gasteiger partial charge in [-0.25, -0.2) is 14.6 Å². The van der Waals surface area contributed by atoms with Gasteiger partial charge < -0.3 is 16.0 Å². The number of carbonyl (C=O) groups is 1. The van der Waals surface area contributed by atoms with Crippen LogP contribution >= 0.6 is 0 Å². The largest absolute Gasteiger partial charge is 0.383 e. The molecule has 0 unspecified atom stereocenters. The van der Waals surface area contributed by atoms with Crippen LogP contribution < -0.4 is 11.1 Å². The molecule has 0 bridgehead atoms. The summed E-state index contributed by atoms with van der Waals surface area (Å²) in [6, 6.07) is 7.94. The molecule has 0 spiro atoms. The zero-order valence-electron chi connectivity index (χ0n) is 14.2. The average molecular weight is 347 g/mol. The van der Waals surface area contributed by atoms with Gasteiger partial charge in [-0.2, -0.15) is 5.10 Å². The minimum absolute atomic E-state index is 0.121. The zero-order valence-corrected chi connectivity index (χ0v) is 14.2. The number of hydrogen-bond acceptors (Lipinski definition) is 5. The monoisotopic (exact) mass is 347 g/mol. The van der Waals surface area contributed by atoms with Gasteiger partial charge in [0.25, 0.3) is 5.91 Å². The van der Waals surface area contributed by atoms with E-state index in [4.69, 9.17) is 10.8 Å². The molecule has 0 saturated heterocycles. The van der Waals surface area contributed by atoms with E-state index in [0.29, 0.717) is 17.4 Å². The molecule has 130 valence electrons. The Morgan fingerprint density at radius 1 is 1.31 bits per heavy atom. The van der Waals surface area contributed by atoms with Crippen LogP contribution in [0.15, 0.2) is 30.6 Å². The number of amides is 1. The number of hydrogen-bond donors (Lipinski definition) is 3. The van der Waals surface area contributed by atoms with Crippen molar-refractivity contribution in [3.8, 4) is 11.4 Å². The number of nitrogens with two attached hydrogens (primary N) is 1. The van der Waals surface area contributed by atoms with E-state index in [9.17, 15) is 4.79 Å². The van der Waals surface area contributed by atoms with Crippen molar-refractivity contribution < 1.29 is 4.79 Å². The van der Waals surface area contributed by atoms with Crippen LogP contribution in [0.1, 0.15) is 29.2 Å². The van der Waals surface area contributed by atoms with Crippen LogP contribution in [-0.4, -0.2) is 37.7 Å². The molecule has 8 nitrogen and oxygen atoms in total. The van der Waals surface area contributed by atoms with Crippen LogP contribution in [0, 0.1) is 0 Å². The minimum Gasteiger partial charge on any atom is -0.383 e. The number of nitrogen functional groups attached to an aromatic ring is 1. The van der Waals surface area contributed by atoms with Gasteiger partial charge in [0.05, 0.1) is 17.1 Å². The molecule has 4 N–H and O–H groups in total. The van der Waals surface area contributed by atoms with Gasteiger partial charge >= 0.3 is 0 Å². The van der Waals surface area contributed by atoms with Crippen molar-refractivity contribution in [2.24, 2.45) is 0 Å². The van der Waals surface area contributed by atoms with Gasteiger partial charge in [0.15, 0.2) is 5.65 Å². The first-order valence-corrected chi connectivity index (χ1v) is 8.49. The summed E-state index contributed by atoms with van der Waals surface area (Å²) in [7, 11) is 1.62. The van der Waals surface area contributed by atoms with Gasteiger partial charge in [0.2, 0.25) is 0 Å². The third-order valence-electron chi connectivity index (χ3n) is 4.78. The Morgan fingerprint density at radius 2 is 2.15 bits per heavy atom. The number of carbonyl (C=O) groups excluding carboxylic acids is 1. The molecule has 26 heavy (non-hydrogen) atoms. The SMILES string of the molecule is CNC(=O)c1ccc2cc(-c3nn(C4CC4)c4ncnc(N)c34)[nH]c2c1. The van der Waals surface area contributed by atoms with Gasteiger partial charge in [-0.1, -0.05) is 6.07 Å². The Balaban J connectivity index is 1.71. The number of fused-ring (bicyclic) bond motifs is 2. The Morgan fingerprint density at radius 3 is 2.92 bits per heavy atom. The highest BCUT2D eigenvalue weighted by atomic mass is 16.1. The quantitative estimate of drug-likeness (QED) is 0.526. The van der Waals surface area contributed by atoms with Gasteiger partial charge in [-0.15, -0.1) is 0 Å². The van der Waals surface area contributed by atoms with Crippen LogP contribution in [0.2, 0.25) is 0 Å². The summed E-state index contributed by atoms with van der Waals surface area (Å²) in [5.41, 5.74) is 9.94. The van der Waals surface area contributed by atoms with Crippen LogP contribution in [0.5, 0.6) is 0 Å². The zero-order chi connectivity index (χ0) is 17.8. The normalized spacial score (nSPS) is 14.2. The second-order valence-corrected chi connectivity index (χ2v) is 6.55. The summed E-state index contributed by atoms with van der Waals surface area (Å²) in [5, 5.41) is 9.17. The summed E-state index contributed by atoms with van der Waals surface area (Å²) in [6.45, 7) is 0. The van der Waals surface area contributed by atoms with Gasteiger partial charge in [0.1, 0.15) is 17.8 Å². The van der Waals surface area contributed by atoms with Crippen molar-refractivity contribution in [2.45, 2.75) is 18.9 Å². The highest BCUT2D eigenvalue weighted by molar-refractivity contribution is 6.02. The molecule has 0 radical (unpaired) electrons. The number of nitrogens with zero attached hydrogens (tertiary/aromatic N) is 4. The maximum Gasteiger partial charge on any atom is 0.251 e. The molecule has 1 aromatic carbocycles. The van der Waals surface area contributed by atoms with Gasteiger partial charge in [-0.3, -0.25) is 4.79 Å². The third kappa shape index (κ3) is 2.15. The van der Waals surface area contributed by atoms with E-state index in [1.165, 1.54) is 6.33 Å². The van der Waals surface area contributed by atoms with E-state index in [0.717, 1.165) is 46.2 Å². The number of aromatic amines is 1. The van der Waals surface area contributed by atoms with E-state index < -0.39 is 0 Å². The van der Waals surface area contributed by atoms with Crippen LogP contribution in [0.25, 0.3) is 33.3 Å². The molecule has 3 heterocycles. The minimum atomic E-state index is -0.121. The summed E-state index contributed by atoms with van der Waals surface area (Å²) in [5.74, 6) is 0.297. The molecule has 1 aliphatic rings. The molecular weight excluding hydrogens is 330 g/mol. The van der Waals surface area contributed by atoms with Crippen molar-refractivity contribution >= 4 is 33.7 Å². The smallest absolute Gasteiger partial charge is 0.251 e. The molecule has 8 heteroatoms. The standard InChI is InChI=1S/C18H17N7O/c1-20-18(26)10-3-2-9-6-13(23-12(9)7-10)15-14-16(19)21-8-22-17(14)25(24-15)11-4-5-11/h2-3,6-8,11,23H,4-5H2,1H3,(H,20,26)(H2,19,21,22). The fourth-order valence-corrected chi connectivity index (χ4v) is 3.30. The maximum atomic E-state index is 11.9. The van der Waals surface area contributed by atoms with E-state index in [2.05, 4.69) is 20.3 Å². The van der Waals surface area contributed by atoms with Crippen LogP contribution in [0.3, 0.4) is 0 Å². The van der Waals surface area contributed by atoms with E-state index in [-0.39, 0.29) is 5.91 Å². The van der Waals surface area contributed by atoms with E-state index >= 15 is 0 Å². The lowest BCUT2D eigenvalue weighted by Gasteiger charge is -1.99. The first-order valence-electron chi connectivity index (χ1n) is 8.49. The van der Waals surface area contributed by atoms with Crippen LogP contribution in [0.4, 0.5) is 5.82 Å². The molecule has 5 rings (SSSR count). The predicted octanol–water partition coefficient (Wildman–Crippen LogP) is 2.25. The molecule has 0 atom stereocenters. The van der Waals surface area contributed by atoms with E-state index in [1.807, 2.05) is 22.9 Å². The molecule has 3 aromatic heterocycles. The lowest BCUT2D eigenvalue weighted by atomic mass is 10.1. The molecule has 4 aromatic rings. The fourth-order valence-electron chi connectivity index (χ4n) is 3.30. The number of nitrogens with one attached hydrogen (secondary N) is 2. The molecule has 1 amide bonds. The Hall–Kier alpha value is -3.42. The first kappa shape index (κ1) is 14.9. The number of benzene rings is 1. The fraction of sp³-hybridized carbons (Fsp3) is 0.222. The van der Waals surface area contributed by atoms with Gasteiger partial charge in [-0.05, 0) is 31.0 Å². The molecular formula is C18H17N7O. The molecule has 1 saturated carbocycles. The van der Waals surface area contributed by atoms with Crippen molar-refractivity contribution in [1.82, 2.24) is 30.0 Å². The van der Waals surface area contributed by atoms with Crippen LogP contribution in [-0.2, 0) is 0 Å². The van der Waals surface area contributed by atoms with E-state index in [1.54, 1.807) is 13.1 Å².